The highest BCUT2D eigenvalue weighted by molar-refractivity contribution is 5.85. The standard InChI is InChI=1S/C26H32O7/c1-23(2)16-9-18(27)25(4)15(26(16)13-31-20(28)11-19(26)33-23)5-7-24(3)17(25)10-21(29)32-22(24)14-6-8-30-12-14/h6,8,10,12,15-16,18-19,22,27H,5,7,9,11,13H2,1-4H3. The average molecular weight is 457 g/mol. The van der Waals surface area contributed by atoms with Crippen LogP contribution in [0.4, 0.5) is 0 Å². The molecule has 0 bridgehead atoms. The van der Waals surface area contributed by atoms with Gasteiger partial charge in [0.25, 0.3) is 0 Å². The van der Waals surface area contributed by atoms with Crippen LogP contribution in [0.2, 0.25) is 0 Å². The smallest absolute Gasteiger partial charge is 0.331 e. The molecule has 2 aliphatic carbocycles. The second-order valence-electron chi connectivity index (χ2n) is 11.7. The van der Waals surface area contributed by atoms with Crippen molar-refractivity contribution in [2.75, 3.05) is 6.61 Å². The summed E-state index contributed by atoms with van der Waals surface area (Å²) < 4.78 is 23.4. The first kappa shape index (κ1) is 21.4. The second-order valence-corrected chi connectivity index (χ2v) is 11.7. The average Bonchev–Trinajstić information content (AvgIpc) is 3.34. The molecule has 2 saturated heterocycles. The number of carbonyl (C=O) groups excluding carboxylic acids is 2. The van der Waals surface area contributed by atoms with Gasteiger partial charge in [0, 0.05) is 33.8 Å². The summed E-state index contributed by atoms with van der Waals surface area (Å²) in [5, 5.41) is 11.8. The number of furan rings is 1. The molecular weight excluding hydrogens is 424 g/mol. The number of hydrogen-bond donors (Lipinski definition) is 1. The van der Waals surface area contributed by atoms with E-state index < -0.39 is 34.6 Å². The number of aliphatic hydroxyl groups excluding tert-OH is 1. The molecule has 0 aromatic carbocycles. The minimum atomic E-state index is -0.670. The fraction of sp³-hybridized carbons (Fsp3) is 0.692. The summed E-state index contributed by atoms with van der Waals surface area (Å²) in [5.74, 6) is -0.553. The quantitative estimate of drug-likeness (QED) is 0.644. The first-order valence-corrected chi connectivity index (χ1v) is 12.0. The van der Waals surface area contributed by atoms with Crippen LogP contribution < -0.4 is 0 Å². The number of carbonyl (C=O) groups is 2. The molecule has 7 heteroatoms. The van der Waals surface area contributed by atoms with Crippen molar-refractivity contribution in [2.45, 2.75) is 77.3 Å². The van der Waals surface area contributed by atoms with Gasteiger partial charge in [-0.1, -0.05) is 13.8 Å². The lowest BCUT2D eigenvalue weighted by Crippen LogP contribution is -2.67. The number of esters is 2. The SMILES string of the molecule is CC1(C)OC2CC(=O)OCC23C1CC(O)C1(C)C2=CC(=O)OC(c4ccoc4)C2(C)CCC13. The van der Waals surface area contributed by atoms with Gasteiger partial charge in [-0.15, -0.1) is 0 Å². The van der Waals surface area contributed by atoms with E-state index >= 15 is 0 Å². The molecule has 5 aliphatic rings. The van der Waals surface area contributed by atoms with Crippen LogP contribution in [0.3, 0.4) is 0 Å². The van der Waals surface area contributed by atoms with Gasteiger partial charge < -0.3 is 23.7 Å². The molecular formula is C26H32O7. The molecule has 1 aromatic rings. The lowest BCUT2D eigenvalue weighted by atomic mass is 9.39. The molecule has 1 spiro atoms. The monoisotopic (exact) mass is 456 g/mol. The summed E-state index contributed by atoms with van der Waals surface area (Å²) >= 11 is 0. The van der Waals surface area contributed by atoms with E-state index in [4.69, 9.17) is 18.6 Å². The molecule has 7 nitrogen and oxygen atoms in total. The zero-order valence-corrected chi connectivity index (χ0v) is 19.6. The molecule has 0 amide bonds. The van der Waals surface area contributed by atoms with Gasteiger partial charge in [-0.2, -0.15) is 0 Å². The van der Waals surface area contributed by atoms with Gasteiger partial charge in [0.2, 0.25) is 0 Å². The summed E-state index contributed by atoms with van der Waals surface area (Å²) in [6, 6.07) is 1.84. The normalized spacial score (nSPS) is 47.9. The van der Waals surface area contributed by atoms with Crippen molar-refractivity contribution < 1.29 is 33.3 Å². The summed E-state index contributed by atoms with van der Waals surface area (Å²) in [5.41, 5.74) is -0.231. The van der Waals surface area contributed by atoms with Crippen molar-refractivity contribution in [1.82, 2.24) is 0 Å². The van der Waals surface area contributed by atoms with Crippen molar-refractivity contribution in [3.05, 3.63) is 35.8 Å². The molecule has 2 saturated carbocycles. The first-order valence-electron chi connectivity index (χ1n) is 12.0. The topological polar surface area (TPSA) is 95.2 Å². The Balaban J connectivity index is 1.51. The van der Waals surface area contributed by atoms with E-state index in [9.17, 15) is 14.7 Å². The Hall–Kier alpha value is -2.12. The van der Waals surface area contributed by atoms with Gasteiger partial charge in [-0.05, 0) is 50.7 Å². The number of rotatable bonds is 1. The molecule has 8 unspecified atom stereocenters. The van der Waals surface area contributed by atoms with E-state index in [1.165, 1.54) is 0 Å². The fourth-order valence-corrected chi connectivity index (χ4v) is 8.58. The van der Waals surface area contributed by atoms with E-state index in [2.05, 4.69) is 27.7 Å². The maximum Gasteiger partial charge on any atom is 0.331 e. The third-order valence-corrected chi connectivity index (χ3v) is 9.96. The summed E-state index contributed by atoms with van der Waals surface area (Å²) in [7, 11) is 0. The van der Waals surface area contributed by atoms with E-state index in [-0.39, 0.29) is 35.7 Å². The maximum atomic E-state index is 12.8. The lowest BCUT2D eigenvalue weighted by Gasteiger charge is -2.65. The van der Waals surface area contributed by atoms with Crippen LogP contribution in [0, 0.1) is 28.1 Å². The molecule has 33 heavy (non-hydrogen) atoms. The highest BCUT2D eigenvalue weighted by atomic mass is 16.6. The highest BCUT2D eigenvalue weighted by Gasteiger charge is 2.74. The molecule has 0 radical (unpaired) electrons. The maximum absolute atomic E-state index is 12.8. The Kier molecular flexibility index (Phi) is 4.22. The number of cyclic esters (lactones) is 2. The number of fused-ring (bicyclic) bond motifs is 3. The number of aliphatic hydroxyl groups is 1. The van der Waals surface area contributed by atoms with Crippen LogP contribution in [-0.2, 0) is 23.8 Å². The van der Waals surface area contributed by atoms with Gasteiger partial charge in [-0.25, -0.2) is 4.79 Å². The molecule has 4 heterocycles. The van der Waals surface area contributed by atoms with Crippen LogP contribution in [0.25, 0.3) is 0 Å². The summed E-state index contributed by atoms with van der Waals surface area (Å²) in [6.07, 6.45) is 5.84. The Labute approximate surface area is 193 Å². The fourth-order valence-electron chi connectivity index (χ4n) is 8.58. The predicted octanol–water partition coefficient (Wildman–Crippen LogP) is 3.72. The molecule has 1 aromatic heterocycles. The largest absolute Gasteiger partial charge is 0.472 e. The molecule has 3 aliphatic heterocycles. The van der Waals surface area contributed by atoms with Crippen LogP contribution in [0.15, 0.2) is 34.7 Å². The van der Waals surface area contributed by atoms with Gasteiger partial charge in [-0.3, -0.25) is 4.79 Å². The third kappa shape index (κ3) is 2.53. The Bertz CT molecular complexity index is 1040. The zero-order chi connectivity index (χ0) is 23.4. The molecule has 4 fully saturated rings. The lowest BCUT2D eigenvalue weighted by molar-refractivity contribution is -0.208. The van der Waals surface area contributed by atoms with E-state index in [1.54, 1.807) is 18.6 Å². The van der Waals surface area contributed by atoms with Gasteiger partial charge in [0.05, 0.1) is 36.8 Å². The van der Waals surface area contributed by atoms with Gasteiger partial charge >= 0.3 is 11.9 Å². The third-order valence-electron chi connectivity index (χ3n) is 9.96. The highest BCUT2D eigenvalue weighted by Crippen LogP contribution is 2.73. The van der Waals surface area contributed by atoms with E-state index in [0.29, 0.717) is 13.0 Å². The van der Waals surface area contributed by atoms with Crippen molar-refractivity contribution in [3.63, 3.8) is 0 Å². The van der Waals surface area contributed by atoms with Gasteiger partial charge in [0.15, 0.2) is 0 Å². The van der Waals surface area contributed by atoms with Crippen molar-refractivity contribution >= 4 is 11.9 Å². The van der Waals surface area contributed by atoms with Crippen LogP contribution >= 0.6 is 0 Å². The molecule has 8 atom stereocenters. The van der Waals surface area contributed by atoms with Crippen molar-refractivity contribution in [2.24, 2.45) is 28.1 Å². The Morgan fingerprint density at radius 1 is 1.12 bits per heavy atom. The van der Waals surface area contributed by atoms with Crippen LogP contribution in [0.1, 0.15) is 65.0 Å². The first-order chi connectivity index (χ1) is 15.5. The van der Waals surface area contributed by atoms with Crippen molar-refractivity contribution in [1.29, 1.82) is 0 Å². The minimum Gasteiger partial charge on any atom is -0.472 e. The van der Waals surface area contributed by atoms with E-state index in [0.717, 1.165) is 24.0 Å². The summed E-state index contributed by atoms with van der Waals surface area (Å²) in [6.45, 7) is 8.67. The number of ether oxygens (including phenoxy) is 3. The Morgan fingerprint density at radius 2 is 1.91 bits per heavy atom. The van der Waals surface area contributed by atoms with Crippen molar-refractivity contribution in [3.8, 4) is 0 Å². The Morgan fingerprint density at radius 3 is 2.64 bits per heavy atom. The molecule has 6 rings (SSSR count). The van der Waals surface area contributed by atoms with Crippen LogP contribution in [0.5, 0.6) is 0 Å². The minimum absolute atomic E-state index is 0.00819. The van der Waals surface area contributed by atoms with Crippen LogP contribution in [-0.4, -0.2) is 41.5 Å². The van der Waals surface area contributed by atoms with Gasteiger partial charge in [0.1, 0.15) is 12.7 Å². The molecule has 1 N–H and O–H groups in total. The predicted molar refractivity (Wildman–Crippen MR) is 116 cm³/mol. The zero-order valence-electron chi connectivity index (χ0n) is 19.6. The summed E-state index contributed by atoms with van der Waals surface area (Å²) in [4.78, 5) is 25.1. The number of hydrogen-bond acceptors (Lipinski definition) is 7. The molecule has 178 valence electrons. The second kappa shape index (κ2) is 6.51. The van der Waals surface area contributed by atoms with E-state index in [1.807, 2.05) is 6.07 Å².